The maximum absolute atomic E-state index is 12.6. The predicted octanol–water partition coefficient (Wildman–Crippen LogP) is -0.348. The van der Waals surface area contributed by atoms with Gasteiger partial charge in [-0.2, -0.15) is 0 Å². The second kappa shape index (κ2) is 7.25. The number of nitrogens with zero attached hydrogens (tertiary/aromatic N) is 6. The highest BCUT2D eigenvalue weighted by Gasteiger charge is 2.42. The molecule has 0 radical (unpaired) electrons. The van der Waals surface area contributed by atoms with Crippen LogP contribution in [0.2, 0.25) is 0 Å². The number of aryl methyl sites for hydroxylation is 1. The summed E-state index contributed by atoms with van der Waals surface area (Å²) in [5.74, 6) is 0.827. The number of anilines is 1. The molecule has 0 saturated carbocycles. The summed E-state index contributed by atoms with van der Waals surface area (Å²) in [5, 5.41) is 14.9. The van der Waals surface area contributed by atoms with Crippen molar-refractivity contribution >= 4 is 11.9 Å². The largest absolute Gasteiger partial charge is 0.378 e. The van der Waals surface area contributed by atoms with E-state index < -0.39 is 0 Å². The molecule has 2 atom stereocenters. The Morgan fingerprint density at radius 2 is 2.24 bits per heavy atom. The molecule has 1 amide bonds. The van der Waals surface area contributed by atoms with Crippen molar-refractivity contribution in [2.75, 3.05) is 44.3 Å². The van der Waals surface area contributed by atoms with Gasteiger partial charge in [0, 0.05) is 44.6 Å². The van der Waals surface area contributed by atoms with Crippen molar-refractivity contribution < 1.29 is 9.53 Å². The molecule has 9 nitrogen and oxygen atoms in total. The van der Waals surface area contributed by atoms with Crippen molar-refractivity contribution in [2.24, 2.45) is 12.5 Å². The van der Waals surface area contributed by atoms with E-state index in [0.717, 1.165) is 32.2 Å². The van der Waals surface area contributed by atoms with Gasteiger partial charge in [0.15, 0.2) is 0 Å². The number of ether oxygens (including phenoxy) is 1. The minimum Gasteiger partial charge on any atom is -0.378 e. The Morgan fingerprint density at radius 1 is 1.44 bits per heavy atom. The number of tetrazole rings is 1. The molecular formula is C16H29N7O2. The van der Waals surface area contributed by atoms with Crippen LogP contribution in [0.15, 0.2) is 0 Å². The van der Waals surface area contributed by atoms with Gasteiger partial charge in [-0.25, -0.2) is 4.68 Å². The lowest BCUT2D eigenvalue weighted by Gasteiger charge is -2.35. The van der Waals surface area contributed by atoms with Crippen molar-refractivity contribution in [1.82, 2.24) is 30.4 Å². The monoisotopic (exact) mass is 351 g/mol. The maximum Gasteiger partial charge on any atom is 0.245 e. The van der Waals surface area contributed by atoms with E-state index in [1.807, 2.05) is 7.05 Å². The van der Waals surface area contributed by atoms with E-state index in [0.29, 0.717) is 19.6 Å². The third-order valence-corrected chi connectivity index (χ3v) is 5.34. The number of aromatic nitrogens is 4. The number of nitrogens with one attached hydrogen (secondary N) is 1. The first-order chi connectivity index (χ1) is 11.9. The molecule has 3 heterocycles. The van der Waals surface area contributed by atoms with Gasteiger partial charge in [0.25, 0.3) is 0 Å². The molecule has 9 heteroatoms. The highest BCUT2D eigenvalue weighted by molar-refractivity contribution is 5.77. The third-order valence-electron chi connectivity index (χ3n) is 5.34. The standard InChI is InChI=1S/C16H29N7O2/c1-5-22-6-7-25-10-12(22)8-14(24)17-13-9-23(11-16(13,2)3)15-18-19-20-21(15)4/h12-13H,5-11H2,1-4H3,(H,17,24). The maximum atomic E-state index is 12.6. The summed E-state index contributed by atoms with van der Waals surface area (Å²) < 4.78 is 7.22. The molecule has 0 aromatic carbocycles. The highest BCUT2D eigenvalue weighted by Crippen LogP contribution is 2.32. The summed E-state index contributed by atoms with van der Waals surface area (Å²) in [4.78, 5) is 17.1. The van der Waals surface area contributed by atoms with Gasteiger partial charge >= 0.3 is 0 Å². The first kappa shape index (κ1) is 18.1. The molecule has 25 heavy (non-hydrogen) atoms. The first-order valence-electron chi connectivity index (χ1n) is 8.99. The fourth-order valence-electron chi connectivity index (χ4n) is 3.78. The third kappa shape index (κ3) is 3.92. The normalized spacial score (nSPS) is 26.8. The van der Waals surface area contributed by atoms with Gasteiger partial charge in [0.2, 0.25) is 11.9 Å². The van der Waals surface area contributed by atoms with E-state index in [1.54, 1.807) is 4.68 Å². The van der Waals surface area contributed by atoms with Crippen LogP contribution in [0, 0.1) is 5.41 Å². The lowest BCUT2D eigenvalue weighted by molar-refractivity contribution is -0.125. The van der Waals surface area contributed by atoms with Gasteiger partial charge < -0.3 is 15.0 Å². The molecule has 2 fully saturated rings. The first-order valence-corrected chi connectivity index (χ1v) is 8.99. The van der Waals surface area contributed by atoms with Crippen LogP contribution >= 0.6 is 0 Å². The lowest BCUT2D eigenvalue weighted by Crippen LogP contribution is -2.50. The van der Waals surface area contributed by atoms with Crippen LogP contribution in [-0.2, 0) is 16.6 Å². The Balaban J connectivity index is 1.59. The second-order valence-corrected chi connectivity index (χ2v) is 7.65. The molecule has 0 spiro atoms. The second-order valence-electron chi connectivity index (χ2n) is 7.65. The number of hydrogen-bond acceptors (Lipinski definition) is 7. The number of hydrogen-bond donors (Lipinski definition) is 1. The average Bonchev–Trinajstić information content (AvgIpc) is 3.11. The molecule has 2 unspecified atom stereocenters. The fraction of sp³-hybridized carbons (Fsp3) is 0.875. The van der Waals surface area contributed by atoms with Crippen molar-refractivity contribution in [2.45, 2.75) is 39.3 Å². The van der Waals surface area contributed by atoms with Crippen LogP contribution < -0.4 is 10.2 Å². The number of rotatable bonds is 5. The van der Waals surface area contributed by atoms with Gasteiger partial charge in [0.05, 0.1) is 19.3 Å². The number of amides is 1. The summed E-state index contributed by atoms with van der Waals surface area (Å²) in [6, 6.07) is 0.235. The summed E-state index contributed by atoms with van der Waals surface area (Å²) >= 11 is 0. The molecule has 140 valence electrons. The number of likely N-dealkylation sites (N-methyl/N-ethyl adjacent to an activating group) is 1. The average molecular weight is 351 g/mol. The molecule has 1 N–H and O–H groups in total. The summed E-state index contributed by atoms with van der Waals surface area (Å²) in [7, 11) is 1.83. The van der Waals surface area contributed by atoms with Crippen LogP contribution in [0.4, 0.5) is 5.95 Å². The number of carbonyl (C=O) groups excluding carboxylic acids is 1. The molecule has 2 aliphatic rings. The molecule has 1 aromatic heterocycles. The molecule has 3 rings (SSSR count). The zero-order valence-corrected chi connectivity index (χ0v) is 15.6. The predicted molar refractivity (Wildman–Crippen MR) is 93.2 cm³/mol. The molecule has 0 aliphatic carbocycles. The van der Waals surface area contributed by atoms with Crippen LogP contribution in [0.1, 0.15) is 27.2 Å². The van der Waals surface area contributed by atoms with Crippen LogP contribution in [0.5, 0.6) is 0 Å². The summed E-state index contributed by atoms with van der Waals surface area (Å²) in [6.45, 7) is 11.2. The van der Waals surface area contributed by atoms with Crippen molar-refractivity contribution in [3.05, 3.63) is 0 Å². The van der Waals surface area contributed by atoms with Crippen LogP contribution in [0.3, 0.4) is 0 Å². The van der Waals surface area contributed by atoms with Crippen LogP contribution in [-0.4, -0.2) is 82.5 Å². The Labute approximate surface area is 148 Å². The van der Waals surface area contributed by atoms with E-state index in [9.17, 15) is 4.79 Å². The Morgan fingerprint density at radius 3 is 2.92 bits per heavy atom. The Bertz CT molecular complexity index is 603. The smallest absolute Gasteiger partial charge is 0.245 e. The van der Waals surface area contributed by atoms with E-state index in [1.165, 1.54) is 0 Å². The summed E-state index contributed by atoms with van der Waals surface area (Å²) in [6.07, 6.45) is 0.478. The van der Waals surface area contributed by atoms with E-state index in [-0.39, 0.29) is 23.4 Å². The SMILES string of the molecule is CCN1CCOCC1CC(=O)NC1CN(c2nnnn2C)CC1(C)C. The quantitative estimate of drug-likeness (QED) is 0.776. The molecule has 1 aromatic rings. The van der Waals surface area contributed by atoms with Gasteiger partial charge in [0.1, 0.15) is 0 Å². The van der Waals surface area contributed by atoms with Gasteiger partial charge in [-0.05, 0) is 17.0 Å². The molecule has 0 bridgehead atoms. The molecule has 2 aliphatic heterocycles. The van der Waals surface area contributed by atoms with E-state index in [4.69, 9.17) is 4.74 Å². The van der Waals surface area contributed by atoms with Gasteiger partial charge in [-0.1, -0.05) is 25.9 Å². The Kier molecular flexibility index (Phi) is 5.24. The minimum atomic E-state index is -0.0465. The summed E-state index contributed by atoms with van der Waals surface area (Å²) in [5.41, 5.74) is -0.0465. The topological polar surface area (TPSA) is 88.4 Å². The van der Waals surface area contributed by atoms with E-state index >= 15 is 0 Å². The molecular weight excluding hydrogens is 322 g/mol. The van der Waals surface area contributed by atoms with Crippen molar-refractivity contribution in [3.8, 4) is 0 Å². The highest BCUT2D eigenvalue weighted by atomic mass is 16.5. The fourth-order valence-corrected chi connectivity index (χ4v) is 3.78. The number of carbonyl (C=O) groups is 1. The zero-order valence-electron chi connectivity index (χ0n) is 15.6. The minimum absolute atomic E-state index is 0.0465. The lowest BCUT2D eigenvalue weighted by atomic mass is 9.87. The van der Waals surface area contributed by atoms with Crippen molar-refractivity contribution in [3.63, 3.8) is 0 Å². The van der Waals surface area contributed by atoms with E-state index in [2.05, 4.69) is 51.4 Å². The molecule has 2 saturated heterocycles. The van der Waals surface area contributed by atoms with Crippen LogP contribution in [0.25, 0.3) is 0 Å². The Hall–Kier alpha value is -1.74. The van der Waals surface area contributed by atoms with Gasteiger partial charge in [-0.3, -0.25) is 9.69 Å². The zero-order chi connectivity index (χ0) is 18.0. The van der Waals surface area contributed by atoms with Gasteiger partial charge in [-0.15, -0.1) is 0 Å². The number of morpholine rings is 1. The van der Waals surface area contributed by atoms with Crippen molar-refractivity contribution in [1.29, 1.82) is 0 Å².